The van der Waals surface area contributed by atoms with E-state index in [0.29, 0.717) is 11.8 Å². The summed E-state index contributed by atoms with van der Waals surface area (Å²) in [4.78, 5) is 18.0. The van der Waals surface area contributed by atoms with Gasteiger partial charge in [-0.1, -0.05) is 37.1 Å². The number of nitrogens with zero attached hydrogens (tertiary/aromatic N) is 2. The van der Waals surface area contributed by atoms with Crippen LogP contribution in [0.2, 0.25) is 0 Å². The molecule has 0 radical (unpaired) electrons. The van der Waals surface area contributed by atoms with Crippen LogP contribution in [0.3, 0.4) is 0 Å². The summed E-state index contributed by atoms with van der Waals surface area (Å²) in [6.45, 7) is 8.17. The van der Waals surface area contributed by atoms with Crippen LogP contribution in [0.25, 0.3) is 0 Å². The van der Waals surface area contributed by atoms with Crippen LogP contribution in [0.1, 0.15) is 62.5 Å². The Morgan fingerprint density at radius 3 is 2.48 bits per heavy atom. The molecule has 1 saturated carbocycles. The van der Waals surface area contributed by atoms with Crippen LogP contribution in [0.4, 0.5) is 0 Å². The first-order chi connectivity index (χ1) is 14.2. The summed E-state index contributed by atoms with van der Waals surface area (Å²) in [6, 6.07) is 8.73. The van der Waals surface area contributed by atoms with Gasteiger partial charge in [-0.25, -0.2) is 0 Å². The van der Waals surface area contributed by atoms with E-state index in [9.17, 15) is 4.79 Å². The minimum absolute atomic E-state index is 0.265. The summed E-state index contributed by atoms with van der Waals surface area (Å²) in [6.07, 6.45) is 9.56. The molecule has 2 heterocycles. The van der Waals surface area contributed by atoms with Crippen molar-refractivity contribution in [3.63, 3.8) is 0 Å². The molecule has 3 fully saturated rings. The molecular weight excluding hydrogens is 360 g/mol. The Bertz CT molecular complexity index is 657. The Hall–Kier alpha value is -1.39. The molecule has 1 aliphatic carbocycles. The second-order valence-electron chi connectivity index (χ2n) is 9.51. The Labute approximate surface area is 176 Å². The van der Waals surface area contributed by atoms with E-state index in [1.54, 1.807) is 0 Å². The predicted octanol–water partition coefficient (Wildman–Crippen LogP) is 4.40. The van der Waals surface area contributed by atoms with Gasteiger partial charge in [0.05, 0.1) is 6.10 Å². The van der Waals surface area contributed by atoms with Crippen molar-refractivity contribution < 1.29 is 9.53 Å². The monoisotopic (exact) mass is 398 g/mol. The molecule has 29 heavy (non-hydrogen) atoms. The molecule has 0 N–H and O–H groups in total. The molecule has 3 aliphatic rings. The number of likely N-dealkylation sites (tertiary alicyclic amines) is 1. The highest BCUT2D eigenvalue weighted by atomic mass is 16.5. The highest BCUT2D eigenvalue weighted by molar-refractivity contribution is 5.79. The summed E-state index contributed by atoms with van der Waals surface area (Å²) in [5, 5.41) is 0. The van der Waals surface area contributed by atoms with Gasteiger partial charge in [-0.3, -0.25) is 9.69 Å². The third-order valence-electron chi connectivity index (χ3n) is 7.31. The minimum Gasteiger partial charge on any atom is -0.376 e. The molecule has 0 spiro atoms. The predicted molar refractivity (Wildman–Crippen MR) is 117 cm³/mol. The van der Waals surface area contributed by atoms with Gasteiger partial charge >= 0.3 is 0 Å². The molecule has 4 nitrogen and oxygen atoms in total. The lowest BCUT2D eigenvalue weighted by Crippen LogP contribution is -2.45. The molecule has 160 valence electrons. The van der Waals surface area contributed by atoms with Crippen LogP contribution in [-0.4, -0.2) is 54.6 Å². The van der Waals surface area contributed by atoms with E-state index < -0.39 is 0 Å². The Balaban J connectivity index is 1.30. The average Bonchev–Trinajstić information content (AvgIpc) is 3.44. The van der Waals surface area contributed by atoms with E-state index in [1.807, 2.05) is 0 Å². The van der Waals surface area contributed by atoms with Crippen molar-refractivity contribution in [1.29, 1.82) is 0 Å². The van der Waals surface area contributed by atoms with Gasteiger partial charge in [0, 0.05) is 32.2 Å². The summed E-state index contributed by atoms with van der Waals surface area (Å²) < 4.78 is 5.88. The summed E-state index contributed by atoms with van der Waals surface area (Å²) in [5.74, 6) is 1.33. The maximum absolute atomic E-state index is 13.2. The normalized spacial score (nSPS) is 24.2. The second kappa shape index (κ2) is 10.1. The first-order valence-corrected chi connectivity index (χ1v) is 11.9. The molecular formula is C25H38N2O2. The van der Waals surface area contributed by atoms with Crippen molar-refractivity contribution in [1.82, 2.24) is 9.80 Å². The van der Waals surface area contributed by atoms with Gasteiger partial charge in [-0.15, -0.1) is 0 Å². The number of rotatable bonds is 7. The van der Waals surface area contributed by atoms with Gasteiger partial charge in [0.1, 0.15) is 0 Å². The maximum atomic E-state index is 13.2. The zero-order valence-corrected chi connectivity index (χ0v) is 18.2. The van der Waals surface area contributed by atoms with E-state index in [2.05, 4.69) is 41.0 Å². The van der Waals surface area contributed by atoms with E-state index in [1.165, 1.54) is 36.8 Å². The van der Waals surface area contributed by atoms with Crippen LogP contribution in [0.15, 0.2) is 24.3 Å². The lowest BCUT2D eigenvalue weighted by atomic mass is 9.94. The molecule has 1 aromatic rings. The fraction of sp³-hybridized carbons (Fsp3) is 0.720. The van der Waals surface area contributed by atoms with Gasteiger partial charge in [-0.05, 0) is 75.6 Å². The first-order valence-electron chi connectivity index (χ1n) is 11.9. The molecule has 2 saturated heterocycles. The number of piperidine rings is 1. The van der Waals surface area contributed by atoms with Crippen LogP contribution in [0.5, 0.6) is 0 Å². The van der Waals surface area contributed by atoms with Crippen molar-refractivity contribution in [2.75, 3.05) is 32.8 Å². The molecule has 0 bridgehead atoms. The van der Waals surface area contributed by atoms with Gasteiger partial charge in [0.15, 0.2) is 0 Å². The molecule has 1 aromatic carbocycles. The summed E-state index contributed by atoms with van der Waals surface area (Å²) in [5.41, 5.74) is 2.84. The number of hydrogen-bond donors (Lipinski definition) is 0. The first kappa shape index (κ1) is 20.9. The number of amides is 1. The van der Waals surface area contributed by atoms with Gasteiger partial charge in [-0.2, -0.15) is 0 Å². The topological polar surface area (TPSA) is 32.8 Å². The van der Waals surface area contributed by atoms with Crippen molar-refractivity contribution >= 4 is 5.91 Å². The van der Waals surface area contributed by atoms with Crippen LogP contribution in [-0.2, 0) is 16.1 Å². The quantitative estimate of drug-likeness (QED) is 0.682. The Kier molecular flexibility index (Phi) is 7.25. The zero-order chi connectivity index (χ0) is 20.1. The van der Waals surface area contributed by atoms with Crippen LogP contribution in [0, 0.1) is 18.8 Å². The maximum Gasteiger partial charge on any atom is 0.225 e. The van der Waals surface area contributed by atoms with E-state index in [0.717, 1.165) is 65.0 Å². The fourth-order valence-electron chi connectivity index (χ4n) is 5.39. The third-order valence-corrected chi connectivity index (χ3v) is 7.31. The molecule has 4 heteroatoms. The number of benzene rings is 1. The Morgan fingerprint density at radius 1 is 1.03 bits per heavy atom. The standard InChI is InChI=1S/C25H38N2O2/c1-20-7-2-3-10-23(20)18-26-14-12-21(13-15-26)17-27(19-24-11-6-16-29-24)25(28)22-8-4-5-9-22/h2-3,7,10,21-22,24H,4-6,8-9,11-19H2,1H3/t24-/m1/s1. The smallest absolute Gasteiger partial charge is 0.225 e. The van der Waals surface area contributed by atoms with Crippen molar-refractivity contribution in [3.8, 4) is 0 Å². The lowest BCUT2D eigenvalue weighted by molar-refractivity contribution is -0.138. The van der Waals surface area contributed by atoms with E-state index in [4.69, 9.17) is 4.74 Å². The van der Waals surface area contributed by atoms with Crippen LogP contribution >= 0.6 is 0 Å². The number of carbonyl (C=O) groups is 1. The van der Waals surface area contributed by atoms with Crippen molar-refractivity contribution in [2.24, 2.45) is 11.8 Å². The van der Waals surface area contributed by atoms with Gasteiger partial charge in [0.2, 0.25) is 5.91 Å². The number of carbonyl (C=O) groups excluding carboxylic acids is 1. The van der Waals surface area contributed by atoms with Gasteiger partial charge in [0.25, 0.3) is 0 Å². The summed E-state index contributed by atoms with van der Waals surface area (Å²) in [7, 11) is 0. The molecule has 4 rings (SSSR count). The van der Waals surface area contributed by atoms with E-state index in [-0.39, 0.29) is 12.0 Å². The fourth-order valence-corrected chi connectivity index (χ4v) is 5.39. The molecule has 2 aliphatic heterocycles. The lowest BCUT2D eigenvalue weighted by Gasteiger charge is -2.36. The number of ether oxygens (including phenoxy) is 1. The zero-order valence-electron chi connectivity index (χ0n) is 18.2. The van der Waals surface area contributed by atoms with Crippen molar-refractivity contribution in [3.05, 3.63) is 35.4 Å². The molecule has 0 unspecified atom stereocenters. The molecule has 1 amide bonds. The highest BCUT2D eigenvalue weighted by Gasteiger charge is 2.32. The summed E-state index contributed by atoms with van der Waals surface area (Å²) >= 11 is 0. The van der Waals surface area contributed by atoms with E-state index >= 15 is 0 Å². The molecule has 1 atom stereocenters. The molecule has 0 aromatic heterocycles. The van der Waals surface area contributed by atoms with Gasteiger partial charge < -0.3 is 9.64 Å². The number of aryl methyl sites for hydroxylation is 1. The Morgan fingerprint density at radius 2 is 1.79 bits per heavy atom. The highest BCUT2D eigenvalue weighted by Crippen LogP contribution is 2.29. The second-order valence-corrected chi connectivity index (χ2v) is 9.51. The minimum atomic E-state index is 0.265. The average molecular weight is 399 g/mol. The van der Waals surface area contributed by atoms with Crippen molar-refractivity contribution in [2.45, 2.75) is 70.9 Å². The van der Waals surface area contributed by atoms with Crippen LogP contribution < -0.4 is 0 Å². The third kappa shape index (κ3) is 5.61. The largest absolute Gasteiger partial charge is 0.376 e. The SMILES string of the molecule is Cc1ccccc1CN1CCC(CN(C[C@H]2CCCO2)C(=O)C2CCCC2)CC1. The number of hydrogen-bond acceptors (Lipinski definition) is 3.